The zero-order valence-corrected chi connectivity index (χ0v) is 15.2. The highest BCUT2D eigenvalue weighted by Crippen LogP contribution is 2.45. The van der Waals surface area contributed by atoms with Crippen LogP contribution in [0.25, 0.3) is 0 Å². The molecule has 0 spiro atoms. The third kappa shape index (κ3) is 3.42. The minimum atomic E-state index is -0.443. The fraction of sp³-hybridized carbons (Fsp3) is 0.600. The largest absolute Gasteiger partial charge is 0.349 e. The van der Waals surface area contributed by atoms with E-state index in [1.165, 1.54) is 12.1 Å². The monoisotopic (exact) mass is 346 g/mol. The second-order valence-electron chi connectivity index (χ2n) is 7.90. The highest BCUT2D eigenvalue weighted by molar-refractivity contribution is 5.81. The van der Waals surface area contributed by atoms with Crippen LogP contribution in [0.2, 0.25) is 0 Å². The van der Waals surface area contributed by atoms with E-state index in [1.807, 2.05) is 25.7 Å². The molecule has 2 aliphatic rings. The molecule has 0 aliphatic carbocycles. The molecule has 0 bridgehead atoms. The van der Waals surface area contributed by atoms with Gasteiger partial charge in [-0.2, -0.15) is 0 Å². The van der Waals surface area contributed by atoms with E-state index in [0.29, 0.717) is 12.8 Å². The molecule has 0 aromatic heterocycles. The summed E-state index contributed by atoms with van der Waals surface area (Å²) in [6.07, 6.45) is 3.87. The van der Waals surface area contributed by atoms with E-state index >= 15 is 0 Å². The van der Waals surface area contributed by atoms with Crippen molar-refractivity contribution in [2.24, 2.45) is 5.92 Å². The Labute approximate surface area is 148 Å². The Balaban J connectivity index is 2.02. The number of nitrogens with zero attached hydrogens (tertiary/aromatic N) is 1. The predicted octanol–water partition coefficient (Wildman–Crippen LogP) is 3.57. The molecular weight excluding hydrogens is 319 g/mol. The van der Waals surface area contributed by atoms with Crippen LogP contribution in [0.4, 0.5) is 4.39 Å². The second-order valence-corrected chi connectivity index (χ2v) is 7.90. The van der Waals surface area contributed by atoms with Crippen molar-refractivity contribution in [1.82, 2.24) is 10.2 Å². The van der Waals surface area contributed by atoms with E-state index in [4.69, 9.17) is 0 Å². The van der Waals surface area contributed by atoms with Crippen LogP contribution in [-0.2, 0) is 9.59 Å². The molecule has 0 radical (unpaired) electrons. The number of carbonyl (C=O) groups is 2. The van der Waals surface area contributed by atoms with Crippen LogP contribution in [0, 0.1) is 11.7 Å². The quantitative estimate of drug-likeness (QED) is 0.890. The lowest BCUT2D eigenvalue weighted by molar-refractivity contribution is -0.139. The van der Waals surface area contributed by atoms with Crippen LogP contribution in [-0.4, -0.2) is 28.3 Å². The van der Waals surface area contributed by atoms with Crippen LogP contribution < -0.4 is 5.32 Å². The van der Waals surface area contributed by atoms with E-state index in [0.717, 1.165) is 24.8 Å². The Morgan fingerprint density at radius 3 is 2.60 bits per heavy atom. The average molecular weight is 346 g/mol. The van der Waals surface area contributed by atoms with Crippen LogP contribution >= 0.6 is 0 Å². The zero-order chi connectivity index (χ0) is 18.2. The van der Waals surface area contributed by atoms with E-state index in [1.54, 1.807) is 12.1 Å². The number of amides is 2. The number of fused-ring (bicyclic) bond motifs is 1. The number of benzene rings is 1. The first-order valence-corrected chi connectivity index (χ1v) is 9.20. The topological polar surface area (TPSA) is 49.4 Å². The Morgan fingerprint density at radius 2 is 1.96 bits per heavy atom. The van der Waals surface area contributed by atoms with Crippen molar-refractivity contribution < 1.29 is 14.0 Å². The summed E-state index contributed by atoms with van der Waals surface area (Å²) >= 11 is 0. The molecule has 1 aromatic carbocycles. The number of likely N-dealkylation sites (tertiary alicyclic amines) is 1. The summed E-state index contributed by atoms with van der Waals surface area (Å²) in [4.78, 5) is 27.2. The lowest BCUT2D eigenvalue weighted by Gasteiger charge is -2.38. The van der Waals surface area contributed by atoms with Gasteiger partial charge in [0.2, 0.25) is 11.8 Å². The molecular formula is C20H27FN2O2. The first-order valence-electron chi connectivity index (χ1n) is 9.20. The summed E-state index contributed by atoms with van der Waals surface area (Å²) < 4.78 is 13.3. The van der Waals surface area contributed by atoms with Crippen molar-refractivity contribution in [3.63, 3.8) is 0 Å². The molecule has 2 heterocycles. The van der Waals surface area contributed by atoms with Crippen molar-refractivity contribution in [3.8, 4) is 0 Å². The molecule has 3 rings (SSSR count). The number of hydrogen-bond acceptors (Lipinski definition) is 2. The van der Waals surface area contributed by atoms with Gasteiger partial charge in [-0.25, -0.2) is 4.39 Å². The molecule has 3 atom stereocenters. The van der Waals surface area contributed by atoms with Crippen molar-refractivity contribution in [2.75, 3.05) is 0 Å². The Morgan fingerprint density at radius 1 is 1.28 bits per heavy atom. The van der Waals surface area contributed by atoms with Gasteiger partial charge in [-0.05, 0) is 43.9 Å². The second kappa shape index (κ2) is 6.77. The summed E-state index contributed by atoms with van der Waals surface area (Å²) in [5.41, 5.74) is 0.485. The van der Waals surface area contributed by atoms with E-state index in [2.05, 4.69) is 5.32 Å². The van der Waals surface area contributed by atoms with Gasteiger partial charge in [0.1, 0.15) is 5.82 Å². The van der Waals surface area contributed by atoms with Gasteiger partial charge < -0.3 is 10.2 Å². The number of hydrogen-bond donors (Lipinski definition) is 1. The molecule has 4 nitrogen and oxygen atoms in total. The van der Waals surface area contributed by atoms with Crippen LogP contribution in [0.15, 0.2) is 24.3 Å². The molecule has 0 saturated carbocycles. The summed E-state index contributed by atoms with van der Waals surface area (Å²) in [7, 11) is 0. The molecule has 136 valence electrons. The van der Waals surface area contributed by atoms with Gasteiger partial charge in [-0.3, -0.25) is 9.59 Å². The summed E-state index contributed by atoms with van der Waals surface area (Å²) in [6, 6.07) is 6.23. The van der Waals surface area contributed by atoms with Crippen molar-refractivity contribution in [2.45, 2.75) is 70.5 Å². The molecule has 2 saturated heterocycles. The van der Waals surface area contributed by atoms with Crippen molar-refractivity contribution >= 4 is 11.8 Å². The van der Waals surface area contributed by atoms with Crippen molar-refractivity contribution in [3.05, 3.63) is 35.6 Å². The van der Waals surface area contributed by atoms with Gasteiger partial charge >= 0.3 is 0 Å². The van der Waals surface area contributed by atoms with E-state index < -0.39 is 5.54 Å². The minimum absolute atomic E-state index is 0.0262. The molecule has 1 aromatic rings. The highest BCUT2D eigenvalue weighted by atomic mass is 19.1. The zero-order valence-electron chi connectivity index (χ0n) is 15.2. The Bertz CT molecular complexity index is 658. The SMILES string of the molecule is CC(C)C(=O)N1[C@H]2CCCCC(=O)N[C@@]2(C)C[C@H]1c1ccc(F)cc1. The average Bonchev–Trinajstić information content (AvgIpc) is 2.81. The first-order chi connectivity index (χ1) is 11.8. The third-order valence-corrected chi connectivity index (χ3v) is 5.58. The highest BCUT2D eigenvalue weighted by Gasteiger charge is 2.52. The van der Waals surface area contributed by atoms with Crippen LogP contribution in [0.1, 0.15) is 64.5 Å². The minimum Gasteiger partial charge on any atom is -0.349 e. The molecule has 25 heavy (non-hydrogen) atoms. The van der Waals surface area contributed by atoms with Crippen molar-refractivity contribution in [1.29, 1.82) is 0 Å². The van der Waals surface area contributed by atoms with Gasteiger partial charge in [0.25, 0.3) is 0 Å². The molecule has 0 unspecified atom stereocenters. The van der Waals surface area contributed by atoms with Gasteiger partial charge in [-0.15, -0.1) is 0 Å². The van der Waals surface area contributed by atoms with E-state index in [-0.39, 0.29) is 35.6 Å². The number of carbonyl (C=O) groups excluding carboxylic acids is 2. The Kier molecular flexibility index (Phi) is 4.85. The predicted molar refractivity (Wildman–Crippen MR) is 94.2 cm³/mol. The molecule has 2 aliphatic heterocycles. The summed E-state index contributed by atoms with van der Waals surface area (Å²) in [6.45, 7) is 5.85. The number of rotatable bonds is 2. The molecule has 5 heteroatoms. The van der Waals surface area contributed by atoms with Gasteiger partial charge in [0.05, 0.1) is 17.6 Å². The molecule has 2 amide bonds. The standard InChI is InChI=1S/C20H27FN2O2/c1-13(2)19(25)23-16(14-8-10-15(21)11-9-14)12-20(3)17(23)6-4-5-7-18(24)22-20/h8-11,13,16-17H,4-7,12H2,1-3H3,(H,22,24)/t16-,17-,20-/m0/s1. The maximum Gasteiger partial charge on any atom is 0.225 e. The molecule has 1 N–H and O–H groups in total. The van der Waals surface area contributed by atoms with Gasteiger partial charge in [0.15, 0.2) is 0 Å². The number of nitrogens with one attached hydrogen (secondary N) is 1. The van der Waals surface area contributed by atoms with Crippen LogP contribution in [0.5, 0.6) is 0 Å². The maximum atomic E-state index is 13.3. The lowest BCUT2D eigenvalue weighted by atomic mass is 9.85. The number of halogens is 1. The smallest absolute Gasteiger partial charge is 0.225 e. The fourth-order valence-electron chi connectivity index (χ4n) is 4.33. The lowest BCUT2D eigenvalue weighted by Crippen LogP contribution is -2.56. The Hall–Kier alpha value is -1.91. The third-order valence-electron chi connectivity index (χ3n) is 5.58. The normalized spacial score (nSPS) is 29.8. The molecule has 2 fully saturated rings. The maximum absolute atomic E-state index is 13.3. The summed E-state index contributed by atoms with van der Waals surface area (Å²) in [5.74, 6) is -0.248. The van der Waals surface area contributed by atoms with Gasteiger partial charge in [-0.1, -0.05) is 32.4 Å². The first kappa shape index (κ1) is 17.9. The fourth-order valence-corrected chi connectivity index (χ4v) is 4.33. The van der Waals surface area contributed by atoms with Gasteiger partial charge in [0, 0.05) is 12.3 Å². The summed E-state index contributed by atoms with van der Waals surface area (Å²) in [5, 5.41) is 3.19. The van der Waals surface area contributed by atoms with E-state index in [9.17, 15) is 14.0 Å². The van der Waals surface area contributed by atoms with Crippen LogP contribution in [0.3, 0.4) is 0 Å².